The van der Waals surface area contributed by atoms with Crippen LogP contribution in [0.15, 0.2) is 12.1 Å². The maximum Gasteiger partial charge on any atom is 0.122 e. The zero-order valence-corrected chi connectivity index (χ0v) is 10.3. The molecule has 2 N–H and O–H groups in total. The molecule has 0 amide bonds. The van der Waals surface area contributed by atoms with Gasteiger partial charge in [0.05, 0.1) is 7.11 Å². The third-order valence-electron chi connectivity index (χ3n) is 2.60. The van der Waals surface area contributed by atoms with Crippen LogP contribution >= 0.6 is 11.6 Å². The molecule has 0 aliphatic rings. The predicted octanol–water partition coefficient (Wildman–Crippen LogP) is 2.94. The Morgan fingerprint density at radius 3 is 2.53 bits per heavy atom. The van der Waals surface area contributed by atoms with E-state index < -0.39 is 0 Å². The second-order valence-electron chi connectivity index (χ2n) is 3.76. The van der Waals surface area contributed by atoms with Crippen LogP contribution in [0.5, 0.6) is 5.75 Å². The van der Waals surface area contributed by atoms with Crippen molar-refractivity contribution < 1.29 is 4.74 Å². The van der Waals surface area contributed by atoms with Gasteiger partial charge in [-0.2, -0.15) is 0 Å². The molecule has 84 valence electrons. The van der Waals surface area contributed by atoms with Crippen molar-refractivity contribution in [2.75, 3.05) is 13.0 Å². The first-order valence-corrected chi connectivity index (χ1v) is 5.60. The molecule has 0 bridgehead atoms. The Hall–Kier alpha value is -0.730. The van der Waals surface area contributed by atoms with E-state index in [2.05, 4.69) is 6.07 Å². The average molecular weight is 228 g/mol. The van der Waals surface area contributed by atoms with Crippen molar-refractivity contribution in [2.24, 2.45) is 5.73 Å². The van der Waals surface area contributed by atoms with E-state index >= 15 is 0 Å². The van der Waals surface area contributed by atoms with Crippen molar-refractivity contribution in [3.63, 3.8) is 0 Å². The van der Waals surface area contributed by atoms with E-state index in [0.29, 0.717) is 5.88 Å². The molecule has 0 spiro atoms. The summed E-state index contributed by atoms with van der Waals surface area (Å²) in [6.07, 6.45) is 0.800. The van der Waals surface area contributed by atoms with Crippen LogP contribution in [-0.2, 0) is 0 Å². The van der Waals surface area contributed by atoms with Crippen LogP contribution in [0.25, 0.3) is 0 Å². The smallest absolute Gasteiger partial charge is 0.122 e. The lowest BCUT2D eigenvalue weighted by Crippen LogP contribution is -2.12. The topological polar surface area (TPSA) is 35.2 Å². The highest BCUT2D eigenvalue weighted by Gasteiger charge is 2.11. The number of methoxy groups -OCH3 is 1. The van der Waals surface area contributed by atoms with Crippen molar-refractivity contribution >= 4 is 11.6 Å². The summed E-state index contributed by atoms with van der Waals surface area (Å²) < 4.78 is 5.25. The van der Waals surface area contributed by atoms with Crippen LogP contribution in [0.2, 0.25) is 0 Å². The van der Waals surface area contributed by atoms with Gasteiger partial charge in [0, 0.05) is 11.9 Å². The lowest BCUT2D eigenvalue weighted by molar-refractivity contribution is 0.411. The van der Waals surface area contributed by atoms with Gasteiger partial charge in [-0.25, -0.2) is 0 Å². The minimum Gasteiger partial charge on any atom is -0.496 e. The minimum atomic E-state index is 0.0205. The molecule has 0 radical (unpaired) electrons. The van der Waals surface area contributed by atoms with E-state index in [1.165, 1.54) is 0 Å². The van der Waals surface area contributed by atoms with Gasteiger partial charge >= 0.3 is 0 Å². The van der Waals surface area contributed by atoms with E-state index in [0.717, 1.165) is 28.9 Å². The molecular formula is C12H18ClNO. The molecule has 0 aromatic heterocycles. The first kappa shape index (κ1) is 12.3. The zero-order valence-electron chi connectivity index (χ0n) is 9.51. The molecule has 3 heteroatoms. The number of hydrogen-bond acceptors (Lipinski definition) is 2. The van der Waals surface area contributed by atoms with Crippen LogP contribution < -0.4 is 10.5 Å². The minimum absolute atomic E-state index is 0.0205. The number of alkyl halides is 1. The first-order chi connectivity index (χ1) is 7.10. The summed E-state index contributed by atoms with van der Waals surface area (Å²) >= 11 is 5.69. The molecule has 0 saturated carbocycles. The van der Waals surface area contributed by atoms with Gasteiger partial charge < -0.3 is 10.5 Å². The highest BCUT2D eigenvalue weighted by atomic mass is 35.5. The molecular weight excluding hydrogens is 210 g/mol. The largest absolute Gasteiger partial charge is 0.496 e. The number of nitrogens with two attached hydrogens (primary N) is 1. The molecule has 1 aromatic carbocycles. The van der Waals surface area contributed by atoms with Crippen LogP contribution in [0.4, 0.5) is 0 Å². The average Bonchev–Trinajstić information content (AvgIpc) is 2.21. The standard InChI is InChI=1S/C12H18ClNO/c1-8-7-12(15-3)9(2)6-10(8)11(14)4-5-13/h6-7,11H,4-5,14H2,1-3H3. The SMILES string of the molecule is COc1cc(C)c(C(N)CCCl)cc1C. The molecule has 1 aromatic rings. The van der Waals surface area contributed by atoms with Gasteiger partial charge in [-0.1, -0.05) is 6.07 Å². The Labute approximate surface area is 96.4 Å². The third-order valence-corrected chi connectivity index (χ3v) is 2.82. The van der Waals surface area contributed by atoms with Gasteiger partial charge in [-0.15, -0.1) is 11.6 Å². The first-order valence-electron chi connectivity index (χ1n) is 5.06. The molecule has 1 unspecified atom stereocenters. The fraction of sp³-hybridized carbons (Fsp3) is 0.500. The summed E-state index contributed by atoms with van der Waals surface area (Å²) in [5.41, 5.74) is 9.48. The van der Waals surface area contributed by atoms with Crippen molar-refractivity contribution in [3.05, 3.63) is 28.8 Å². The van der Waals surface area contributed by atoms with E-state index in [-0.39, 0.29) is 6.04 Å². The number of halogens is 1. The van der Waals surface area contributed by atoms with Crippen molar-refractivity contribution in [1.29, 1.82) is 0 Å². The summed E-state index contributed by atoms with van der Waals surface area (Å²) in [4.78, 5) is 0. The van der Waals surface area contributed by atoms with Crippen LogP contribution in [-0.4, -0.2) is 13.0 Å². The lowest BCUT2D eigenvalue weighted by Gasteiger charge is -2.16. The Morgan fingerprint density at radius 2 is 2.00 bits per heavy atom. The summed E-state index contributed by atoms with van der Waals surface area (Å²) in [7, 11) is 1.68. The maximum atomic E-state index is 6.04. The van der Waals surface area contributed by atoms with Gasteiger partial charge in [0.15, 0.2) is 0 Å². The van der Waals surface area contributed by atoms with E-state index in [1.54, 1.807) is 7.11 Å². The van der Waals surface area contributed by atoms with Crippen LogP contribution in [0.1, 0.15) is 29.2 Å². The van der Waals surface area contributed by atoms with Crippen LogP contribution in [0, 0.1) is 13.8 Å². The molecule has 15 heavy (non-hydrogen) atoms. The molecule has 0 saturated heterocycles. The molecule has 1 rings (SSSR count). The molecule has 2 nitrogen and oxygen atoms in total. The van der Waals surface area contributed by atoms with Gasteiger partial charge in [-0.05, 0) is 43.0 Å². The lowest BCUT2D eigenvalue weighted by atomic mass is 9.97. The molecule has 0 aliphatic heterocycles. The fourth-order valence-electron chi connectivity index (χ4n) is 1.70. The summed E-state index contributed by atoms with van der Waals surface area (Å²) in [6.45, 7) is 4.07. The fourth-order valence-corrected chi connectivity index (χ4v) is 1.94. The summed E-state index contributed by atoms with van der Waals surface area (Å²) in [5.74, 6) is 1.50. The second-order valence-corrected chi connectivity index (χ2v) is 4.14. The van der Waals surface area contributed by atoms with Gasteiger partial charge in [0.1, 0.15) is 5.75 Å². The highest BCUT2D eigenvalue weighted by Crippen LogP contribution is 2.26. The molecule has 0 heterocycles. The number of aryl methyl sites for hydroxylation is 2. The summed E-state index contributed by atoms with van der Waals surface area (Å²) in [5, 5.41) is 0. The van der Waals surface area contributed by atoms with Gasteiger partial charge in [-0.3, -0.25) is 0 Å². The Morgan fingerprint density at radius 1 is 1.33 bits per heavy atom. The number of hydrogen-bond donors (Lipinski definition) is 1. The third kappa shape index (κ3) is 2.86. The van der Waals surface area contributed by atoms with E-state index in [9.17, 15) is 0 Å². The van der Waals surface area contributed by atoms with E-state index in [4.69, 9.17) is 22.1 Å². The monoisotopic (exact) mass is 227 g/mol. The van der Waals surface area contributed by atoms with Crippen molar-refractivity contribution in [3.8, 4) is 5.75 Å². The normalized spacial score (nSPS) is 12.6. The number of ether oxygens (including phenoxy) is 1. The van der Waals surface area contributed by atoms with Crippen LogP contribution in [0.3, 0.4) is 0 Å². The second kappa shape index (κ2) is 5.38. The molecule has 0 fully saturated rings. The Bertz CT molecular complexity index is 339. The highest BCUT2D eigenvalue weighted by molar-refractivity contribution is 6.17. The predicted molar refractivity (Wildman–Crippen MR) is 64.7 cm³/mol. The Kier molecular flexibility index (Phi) is 4.43. The Balaban J connectivity index is 3.04. The zero-order chi connectivity index (χ0) is 11.4. The molecule has 0 aliphatic carbocycles. The summed E-state index contributed by atoms with van der Waals surface area (Å²) in [6, 6.07) is 4.14. The van der Waals surface area contributed by atoms with Crippen molar-refractivity contribution in [1.82, 2.24) is 0 Å². The molecule has 1 atom stereocenters. The number of benzene rings is 1. The van der Waals surface area contributed by atoms with Gasteiger partial charge in [0.25, 0.3) is 0 Å². The van der Waals surface area contributed by atoms with Gasteiger partial charge in [0.2, 0.25) is 0 Å². The van der Waals surface area contributed by atoms with E-state index in [1.807, 2.05) is 19.9 Å². The van der Waals surface area contributed by atoms with Crippen molar-refractivity contribution in [2.45, 2.75) is 26.3 Å². The quantitative estimate of drug-likeness (QED) is 0.803. The number of rotatable bonds is 4. The maximum absolute atomic E-state index is 6.04.